The average molecular weight is 248 g/mol. The number of likely N-dealkylation sites (tertiary alicyclic amines) is 1. The minimum Gasteiger partial charge on any atom is -0.342 e. The van der Waals surface area contributed by atoms with Crippen molar-refractivity contribution in [2.45, 2.75) is 31.8 Å². The quantitative estimate of drug-likeness (QED) is 0.845. The van der Waals surface area contributed by atoms with Gasteiger partial charge in [0, 0.05) is 44.5 Å². The molecule has 3 unspecified atom stereocenters. The van der Waals surface area contributed by atoms with Crippen LogP contribution in [0.25, 0.3) is 0 Å². The molecule has 3 rings (SSSR count). The van der Waals surface area contributed by atoms with Crippen LogP contribution in [-0.2, 0) is 11.3 Å². The van der Waals surface area contributed by atoms with E-state index >= 15 is 0 Å². The Balaban J connectivity index is 1.52. The zero-order valence-electron chi connectivity index (χ0n) is 10.5. The monoisotopic (exact) mass is 248 g/mol. The van der Waals surface area contributed by atoms with Crippen molar-refractivity contribution in [1.82, 2.24) is 14.5 Å². The van der Waals surface area contributed by atoms with Gasteiger partial charge in [-0.15, -0.1) is 0 Å². The molecule has 3 atom stereocenters. The first kappa shape index (κ1) is 11.7. The van der Waals surface area contributed by atoms with Gasteiger partial charge in [0.2, 0.25) is 5.91 Å². The van der Waals surface area contributed by atoms with Crippen molar-refractivity contribution in [3.8, 4) is 0 Å². The first-order chi connectivity index (χ1) is 8.74. The van der Waals surface area contributed by atoms with Crippen molar-refractivity contribution in [3.05, 3.63) is 18.7 Å². The third-order valence-electron chi connectivity index (χ3n) is 4.41. The molecule has 0 radical (unpaired) electrons. The second-order valence-corrected chi connectivity index (χ2v) is 5.51. The molecular formula is C13H20N4O. The van der Waals surface area contributed by atoms with Crippen LogP contribution in [0.1, 0.15) is 19.3 Å². The zero-order valence-corrected chi connectivity index (χ0v) is 10.5. The number of nitrogens with zero attached hydrogens (tertiary/aromatic N) is 3. The van der Waals surface area contributed by atoms with E-state index < -0.39 is 0 Å². The molecule has 2 aliphatic rings. The number of rotatable bonds is 3. The highest BCUT2D eigenvalue weighted by molar-refractivity contribution is 5.76. The lowest BCUT2D eigenvalue weighted by molar-refractivity contribution is -0.130. The van der Waals surface area contributed by atoms with Gasteiger partial charge in [-0.25, -0.2) is 4.98 Å². The highest BCUT2D eigenvalue weighted by Crippen LogP contribution is 2.37. The molecule has 0 aromatic carbocycles. The number of nitrogens with two attached hydrogens (primary N) is 1. The van der Waals surface area contributed by atoms with E-state index in [2.05, 4.69) is 4.98 Å². The molecule has 98 valence electrons. The van der Waals surface area contributed by atoms with Gasteiger partial charge in [-0.2, -0.15) is 0 Å². The van der Waals surface area contributed by atoms with Gasteiger partial charge in [0.25, 0.3) is 0 Å². The zero-order chi connectivity index (χ0) is 12.5. The summed E-state index contributed by atoms with van der Waals surface area (Å²) in [5, 5.41) is 0. The van der Waals surface area contributed by atoms with Gasteiger partial charge in [0.05, 0.1) is 6.33 Å². The number of amides is 1. The van der Waals surface area contributed by atoms with Crippen LogP contribution >= 0.6 is 0 Å². The number of aromatic nitrogens is 2. The number of imidazole rings is 1. The molecule has 2 heterocycles. The summed E-state index contributed by atoms with van der Waals surface area (Å²) in [6.45, 7) is 2.51. The van der Waals surface area contributed by atoms with Crippen LogP contribution < -0.4 is 5.73 Å². The number of hydrogen-bond donors (Lipinski definition) is 1. The molecule has 5 nitrogen and oxygen atoms in total. The number of hydrogen-bond acceptors (Lipinski definition) is 3. The number of carbonyl (C=O) groups is 1. The summed E-state index contributed by atoms with van der Waals surface area (Å²) >= 11 is 0. The second kappa shape index (κ2) is 4.72. The van der Waals surface area contributed by atoms with E-state index in [0.717, 1.165) is 26.1 Å². The first-order valence-electron chi connectivity index (χ1n) is 6.73. The molecule has 1 aromatic rings. The Kier molecular flexibility index (Phi) is 3.07. The predicted molar refractivity (Wildman–Crippen MR) is 67.6 cm³/mol. The number of fused-ring (bicyclic) bond motifs is 1. The maximum absolute atomic E-state index is 12.1. The summed E-state index contributed by atoms with van der Waals surface area (Å²) in [7, 11) is 0. The van der Waals surface area contributed by atoms with E-state index in [-0.39, 0.29) is 5.91 Å². The van der Waals surface area contributed by atoms with Gasteiger partial charge < -0.3 is 15.2 Å². The Bertz CT molecular complexity index is 417. The fraction of sp³-hybridized carbons (Fsp3) is 0.692. The van der Waals surface area contributed by atoms with E-state index in [1.165, 1.54) is 6.42 Å². The van der Waals surface area contributed by atoms with Gasteiger partial charge in [0.15, 0.2) is 0 Å². The van der Waals surface area contributed by atoms with E-state index in [9.17, 15) is 4.79 Å². The first-order valence-corrected chi connectivity index (χ1v) is 6.73. The van der Waals surface area contributed by atoms with E-state index in [1.807, 2.05) is 15.7 Å². The maximum Gasteiger partial charge on any atom is 0.224 e. The van der Waals surface area contributed by atoms with E-state index in [1.54, 1.807) is 12.5 Å². The summed E-state index contributed by atoms with van der Waals surface area (Å²) in [5.41, 5.74) is 6.08. The van der Waals surface area contributed by atoms with Gasteiger partial charge in [0.1, 0.15) is 0 Å². The van der Waals surface area contributed by atoms with Crippen LogP contribution in [0.2, 0.25) is 0 Å². The van der Waals surface area contributed by atoms with Gasteiger partial charge >= 0.3 is 0 Å². The van der Waals surface area contributed by atoms with Crippen molar-refractivity contribution >= 4 is 5.91 Å². The lowest BCUT2D eigenvalue weighted by Crippen LogP contribution is -2.33. The normalized spacial score (nSPS) is 30.7. The van der Waals surface area contributed by atoms with Crippen molar-refractivity contribution in [2.24, 2.45) is 17.6 Å². The van der Waals surface area contributed by atoms with Crippen molar-refractivity contribution in [1.29, 1.82) is 0 Å². The molecule has 1 amide bonds. The molecule has 5 heteroatoms. The molecule has 1 saturated carbocycles. The molecule has 0 bridgehead atoms. The van der Waals surface area contributed by atoms with Crippen molar-refractivity contribution in [2.75, 3.05) is 13.1 Å². The summed E-state index contributed by atoms with van der Waals surface area (Å²) < 4.78 is 1.94. The summed E-state index contributed by atoms with van der Waals surface area (Å²) in [5.74, 6) is 1.45. The van der Waals surface area contributed by atoms with Crippen molar-refractivity contribution in [3.63, 3.8) is 0 Å². The minimum absolute atomic E-state index is 0.255. The highest BCUT2D eigenvalue weighted by Gasteiger charge is 2.42. The van der Waals surface area contributed by atoms with Crippen LogP contribution in [0.5, 0.6) is 0 Å². The largest absolute Gasteiger partial charge is 0.342 e. The Morgan fingerprint density at radius 1 is 1.39 bits per heavy atom. The van der Waals surface area contributed by atoms with Gasteiger partial charge in [-0.1, -0.05) is 0 Å². The second-order valence-electron chi connectivity index (χ2n) is 5.51. The average Bonchev–Trinajstić information content (AvgIpc) is 3.05. The topological polar surface area (TPSA) is 64.2 Å². The summed E-state index contributed by atoms with van der Waals surface area (Å²) in [4.78, 5) is 18.1. The Labute approximate surface area is 107 Å². The lowest BCUT2D eigenvalue weighted by Gasteiger charge is -2.18. The van der Waals surface area contributed by atoms with Crippen molar-refractivity contribution < 1.29 is 4.79 Å². The minimum atomic E-state index is 0.255. The van der Waals surface area contributed by atoms with Crippen LogP contribution in [0.4, 0.5) is 0 Å². The summed E-state index contributed by atoms with van der Waals surface area (Å²) in [6, 6.07) is 0.307. The van der Waals surface area contributed by atoms with Gasteiger partial charge in [-0.05, 0) is 24.7 Å². The molecule has 1 aliphatic heterocycles. The molecule has 0 spiro atoms. The predicted octanol–water partition coefficient (Wildman–Crippen LogP) is 0.469. The van der Waals surface area contributed by atoms with Crippen LogP contribution in [-0.4, -0.2) is 39.5 Å². The Hall–Kier alpha value is -1.36. The van der Waals surface area contributed by atoms with Gasteiger partial charge in [-0.3, -0.25) is 4.79 Å². The maximum atomic E-state index is 12.1. The Morgan fingerprint density at radius 2 is 2.28 bits per heavy atom. The van der Waals surface area contributed by atoms with Crippen LogP contribution in [0, 0.1) is 11.8 Å². The SMILES string of the molecule is NC1CCC2CN(C(=O)CCn3ccnc3)CC12. The van der Waals surface area contributed by atoms with E-state index in [4.69, 9.17) is 5.73 Å². The van der Waals surface area contributed by atoms with Crippen LogP contribution in [0.3, 0.4) is 0 Å². The third-order valence-corrected chi connectivity index (χ3v) is 4.41. The molecular weight excluding hydrogens is 228 g/mol. The summed E-state index contributed by atoms with van der Waals surface area (Å²) in [6.07, 6.45) is 8.27. The lowest BCUT2D eigenvalue weighted by atomic mass is 9.98. The number of carbonyl (C=O) groups excluding carboxylic acids is 1. The molecule has 2 N–H and O–H groups in total. The smallest absolute Gasteiger partial charge is 0.224 e. The molecule has 1 saturated heterocycles. The van der Waals surface area contributed by atoms with E-state index in [0.29, 0.717) is 24.3 Å². The fourth-order valence-corrected chi connectivity index (χ4v) is 3.31. The fourth-order valence-electron chi connectivity index (χ4n) is 3.31. The van der Waals surface area contributed by atoms with Crippen LogP contribution in [0.15, 0.2) is 18.7 Å². The molecule has 1 aliphatic carbocycles. The molecule has 18 heavy (non-hydrogen) atoms. The molecule has 1 aromatic heterocycles. The molecule has 2 fully saturated rings. The standard InChI is InChI=1S/C13H20N4O/c14-12-2-1-10-7-17(8-11(10)12)13(18)3-5-16-6-4-15-9-16/h4,6,9-12H,1-3,5,7-8,14H2. The number of aryl methyl sites for hydroxylation is 1. The third kappa shape index (κ3) is 2.14. The highest BCUT2D eigenvalue weighted by atomic mass is 16.2. The Morgan fingerprint density at radius 3 is 3.00 bits per heavy atom.